The number of hydrazone groups is 1. The van der Waals surface area contributed by atoms with Gasteiger partial charge >= 0.3 is 5.97 Å². The van der Waals surface area contributed by atoms with E-state index in [2.05, 4.69) is 10.5 Å². The van der Waals surface area contributed by atoms with E-state index in [9.17, 15) is 9.59 Å². The van der Waals surface area contributed by atoms with Crippen LogP contribution in [0, 0.1) is 0 Å². The molecule has 6 heteroatoms. The van der Waals surface area contributed by atoms with Crippen LogP contribution in [-0.4, -0.2) is 18.1 Å². The number of carbonyl (C=O) groups is 2. The fraction of sp³-hybridized carbons (Fsp3) is 0. The van der Waals surface area contributed by atoms with Gasteiger partial charge in [-0.3, -0.25) is 4.79 Å². The summed E-state index contributed by atoms with van der Waals surface area (Å²) in [4.78, 5) is 23.9. The average molecular weight is 379 g/mol. The first-order valence-electron chi connectivity index (χ1n) is 8.08. The lowest BCUT2D eigenvalue weighted by atomic mass is 10.2. The maximum atomic E-state index is 12.0. The van der Waals surface area contributed by atoms with E-state index in [1.165, 1.54) is 6.21 Å². The van der Waals surface area contributed by atoms with Crippen molar-refractivity contribution >= 4 is 29.7 Å². The highest BCUT2D eigenvalue weighted by molar-refractivity contribution is 6.30. The summed E-state index contributed by atoms with van der Waals surface area (Å²) in [6.45, 7) is 0. The van der Waals surface area contributed by atoms with E-state index >= 15 is 0 Å². The third-order valence-electron chi connectivity index (χ3n) is 3.59. The Hall–Kier alpha value is -3.44. The van der Waals surface area contributed by atoms with E-state index in [1.807, 2.05) is 6.07 Å². The molecule has 0 bridgehead atoms. The van der Waals surface area contributed by atoms with Crippen LogP contribution in [0.25, 0.3) is 0 Å². The molecule has 0 aliphatic carbocycles. The van der Waals surface area contributed by atoms with Gasteiger partial charge in [0, 0.05) is 10.6 Å². The van der Waals surface area contributed by atoms with Crippen molar-refractivity contribution in [2.24, 2.45) is 5.10 Å². The van der Waals surface area contributed by atoms with E-state index < -0.39 is 5.97 Å². The number of ether oxygens (including phenoxy) is 1. The van der Waals surface area contributed by atoms with Gasteiger partial charge in [-0.2, -0.15) is 5.10 Å². The summed E-state index contributed by atoms with van der Waals surface area (Å²) < 4.78 is 5.30. The lowest BCUT2D eigenvalue weighted by Gasteiger charge is -2.04. The molecule has 1 amide bonds. The van der Waals surface area contributed by atoms with Crippen LogP contribution in [0.3, 0.4) is 0 Å². The molecule has 3 aromatic carbocycles. The van der Waals surface area contributed by atoms with Crippen molar-refractivity contribution in [1.82, 2.24) is 5.43 Å². The quantitative estimate of drug-likeness (QED) is 0.311. The van der Waals surface area contributed by atoms with E-state index in [1.54, 1.807) is 72.8 Å². The lowest BCUT2D eigenvalue weighted by molar-refractivity contribution is 0.0734. The van der Waals surface area contributed by atoms with Crippen LogP contribution < -0.4 is 10.2 Å². The molecule has 0 saturated carbocycles. The fourth-order valence-corrected chi connectivity index (χ4v) is 2.32. The van der Waals surface area contributed by atoms with Gasteiger partial charge in [-0.1, -0.05) is 29.8 Å². The first-order chi connectivity index (χ1) is 13.1. The Kier molecular flexibility index (Phi) is 5.97. The minimum Gasteiger partial charge on any atom is -0.423 e. The van der Waals surface area contributed by atoms with Crippen LogP contribution in [0.15, 0.2) is 84.0 Å². The van der Waals surface area contributed by atoms with Gasteiger partial charge in [0.15, 0.2) is 0 Å². The van der Waals surface area contributed by atoms with Gasteiger partial charge in [-0.25, -0.2) is 10.2 Å². The number of halogens is 1. The largest absolute Gasteiger partial charge is 0.423 e. The molecular weight excluding hydrogens is 364 g/mol. The molecule has 0 radical (unpaired) electrons. The number of esters is 1. The Labute approximate surface area is 161 Å². The van der Waals surface area contributed by atoms with Crippen molar-refractivity contribution in [1.29, 1.82) is 0 Å². The molecule has 0 spiro atoms. The summed E-state index contributed by atoms with van der Waals surface area (Å²) in [6.07, 6.45) is 1.50. The van der Waals surface area contributed by atoms with Crippen molar-refractivity contribution in [3.63, 3.8) is 0 Å². The maximum absolute atomic E-state index is 12.0. The minimum atomic E-state index is -0.424. The van der Waals surface area contributed by atoms with E-state index in [4.69, 9.17) is 16.3 Å². The molecule has 0 aliphatic heterocycles. The van der Waals surface area contributed by atoms with Gasteiger partial charge in [-0.05, 0) is 66.2 Å². The number of carbonyl (C=O) groups excluding carboxylic acids is 2. The predicted molar refractivity (Wildman–Crippen MR) is 104 cm³/mol. The number of nitrogens with one attached hydrogen (secondary N) is 1. The first-order valence-corrected chi connectivity index (χ1v) is 8.46. The van der Waals surface area contributed by atoms with Crippen LogP contribution in [0.5, 0.6) is 5.75 Å². The minimum absolute atomic E-state index is 0.337. The van der Waals surface area contributed by atoms with E-state index in [0.717, 1.165) is 5.56 Å². The fourth-order valence-electron chi connectivity index (χ4n) is 2.19. The predicted octanol–water partition coefficient (Wildman–Crippen LogP) is 4.32. The summed E-state index contributed by atoms with van der Waals surface area (Å²) in [5, 5.41) is 4.47. The second kappa shape index (κ2) is 8.78. The van der Waals surface area contributed by atoms with Crippen molar-refractivity contribution in [3.05, 3.63) is 101 Å². The van der Waals surface area contributed by atoms with Gasteiger partial charge in [0.1, 0.15) is 5.75 Å². The van der Waals surface area contributed by atoms with Crippen molar-refractivity contribution in [2.45, 2.75) is 0 Å². The molecule has 0 fully saturated rings. The normalized spacial score (nSPS) is 10.6. The summed E-state index contributed by atoms with van der Waals surface area (Å²) in [6, 6.07) is 22.0. The highest BCUT2D eigenvalue weighted by Gasteiger charge is 2.07. The molecule has 0 atom stereocenters. The molecule has 0 aliphatic rings. The number of benzene rings is 3. The zero-order chi connectivity index (χ0) is 19.1. The molecule has 27 heavy (non-hydrogen) atoms. The van der Waals surface area contributed by atoms with Crippen LogP contribution in [-0.2, 0) is 0 Å². The van der Waals surface area contributed by atoms with Crippen LogP contribution >= 0.6 is 11.6 Å². The molecule has 0 aromatic heterocycles. The van der Waals surface area contributed by atoms with Gasteiger partial charge in [0.05, 0.1) is 11.8 Å². The van der Waals surface area contributed by atoms with Gasteiger partial charge in [-0.15, -0.1) is 0 Å². The Morgan fingerprint density at radius 3 is 2.19 bits per heavy atom. The molecule has 3 aromatic rings. The smallest absolute Gasteiger partial charge is 0.343 e. The second-order valence-corrected chi connectivity index (χ2v) is 5.97. The Bertz CT molecular complexity index is 953. The highest BCUT2D eigenvalue weighted by atomic mass is 35.5. The molecule has 5 nitrogen and oxygen atoms in total. The van der Waals surface area contributed by atoms with Crippen LogP contribution in [0.1, 0.15) is 26.3 Å². The third kappa shape index (κ3) is 5.26. The molecule has 134 valence electrons. The number of rotatable bonds is 5. The summed E-state index contributed by atoms with van der Waals surface area (Å²) in [5.41, 5.74) is 4.12. The number of hydrogen-bond donors (Lipinski definition) is 1. The third-order valence-corrected chi connectivity index (χ3v) is 3.84. The van der Waals surface area contributed by atoms with Gasteiger partial charge in [0.25, 0.3) is 5.91 Å². The summed E-state index contributed by atoms with van der Waals surface area (Å²) in [5.74, 6) is -0.338. The van der Waals surface area contributed by atoms with E-state index in [-0.39, 0.29) is 5.91 Å². The van der Waals surface area contributed by atoms with Crippen molar-refractivity contribution in [2.75, 3.05) is 0 Å². The Morgan fingerprint density at radius 2 is 1.52 bits per heavy atom. The van der Waals surface area contributed by atoms with Gasteiger partial charge in [0.2, 0.25) is 0 Å². The second-order valence-electron chi connectivity index (χ2n) is 5.53. The van der Waals surface area contributed by atoms with E-state index in [0.29, 0.717) is 21.9 Å². The topological polar surface area (TPSA) is 67.8 Å². The molecule has 0 unspecified atom stereocenters. The standard InChI is InChI=1S/C21H15ClN2O3/c22-18-10-8-16(9-11-18)20(25)24-23-14-15-6-12-19(13-7-15)27-21(26)17-4-2-1-3-5-17/h1-14H,(H,24,25)/b23-14-. The zero-order valence-corrected chi connectivity index (χ0v) is 14.9. The summed E-state index contributed by atoms with van der Waals surface area (Å²) >= 11 is 5.79. The number of nitrogens with zero attached hydrogens (tertiary/aromatic N) is 1. The molecular formula is C21H15ClN2O3. The average Bonchev–Trinajstić information content (AvgIpc) is 2.70. The lowest BCUT2D eigenvalue weighted by Crippen LogP contribution is -2.17. The SMILES string of the molecule is O=C(N/N=C\c1ccc(OC(=O)c2ccccc2)cc1)c1ccc(Cl)cc1. The zero-order valence-electron chi connectivity index (χ0n) is 14.1. The molecule has 1 N–H and O–H groups in total. The number of hydrogen-bond acceptors (Lipinski definition) is 4. The first kappa shape index (κ1) is 18.4. The van der Waals surface area contributed by atoms with Crippen molar-refractivity contribution in [3.8, 4) is 5.75 Å². The van der Waals surface area contributed by atoms with Gasteiger partial charge < -0.3 is 4.74 Å². The van der Waals surface area contributed by atoms with Crippen LogP contribution in [0.2, 0.25) is 5.02 Å². The maximum Gasteiger partial charge on any atom is 0.343 e. The number of amides is 1. The van der Waals surface area contributed by atoms with Crippen LogP contribution in [0.4, 0.5) is 0 Å². The summed E-state index contributed by atoms with van der Waals surface area (Å²) in [7, 11) is 0. The highest BCUT2D eigenvalue weighted by Crippen LogP contribution is 2.14. The Balaban J connectivity index is 1.55. The van der Waals surface area contributed by atoms with Crippen molar-refractivity contribution < 1.29 is 14.3 Å². The monoisotopic (exact) mass is 378 g/mol. The molecule has 0 saturated heterocycles. The Morgan fingerprint density at radius 1 is 0.852 bits per heavy atom. The molecule has 0 heterocycles. The molecule has 3 rings (SSSR count).